The van der Waals surface area contributed by atoms with Gasteiger partial charge in [0.15, 0.2) is 0 Å². The highest BCUT2D eigenvalue weighted by molar-refractivity contribution is 7.92. The molecule has 0 spiro atoms. The van der Waals surface area contributed by atoms with Crippen LogP contribution in [0.25, 0.3) is 0 Å². The number of nitrogens with one attached hydrogen (secondary N) is 1. The second-order valence-electron chi connectivity index (χ2n) is 8.57. The van der Waals surface area contributed by atoms with Gasteiger partial charge in [0.05, 0.1) is 32.2 Å². The van der Waals surface area contributed by atoms with E-state index < -0.39 is 27.6 Å². The van der Waals surface area contributed by atoms with Crippen LogP contribution in [0.2, 0.25) is 0 Å². The molecular formula is C25H34N2O6S. The van der Waals surface area contributed by atoms with Crippen molar-refractivity contribution in [1.82, 2.24) is 5.32 Å². The highest BCUT2D eigenvalue weighted by atomic mass is 32.2. The molecule has 8 nitrogen and oxygen atoms in total. The number of anilines is 1. The van der Waals surface area contributed by atoms with Crippen LogP contribution < -0.4 is 23.8 Å². The Morgan fingerprint density at radius 1 is 1.18 bits per heavy atom. The van der Waals surface area contributed by atoms with Crippen molar-refractivity contribution in [3.05, 3.63) is 48.0 Å². The topological polar surface area (TPSA) is 94.2 Å². The first kappa shape index (κ1) is 25.7. The van der Waals surface area contributed by atoms with E-state index in [4.69, 9.17) is 14.2 Å². The van der Waals surface area contributed by atoms with Crippen molar-refractivity contribution in [2.24, 2.45) is 0 Å². The zero-order valence-corrected chi connectivity index (χ0v) is 21.4. The summed E-state index contributed by atoms with van der Waals surface area (Å²) in [5, 5.41) is 3.09. The fraction of sp³-hybridized carbons (Fsp3) is 0.480. The van der Waals surface area contributed by atoms with Gasteiger partial charge in [-0.1, -0.05) is 32.0 Å². The van der Waals surface area contributed by atoms with Gasteiger partial charge in [0.25, 0.3) is 0 Å². The Balaban J connectivity index is 1.97. The van der Waals surface area contributed by atoms with Gasteiger partial charge < -0.3 is 19.5 Å². The minimum absolute atomic E-state index is 0.232. The molecular weight excluding hydrogens is 456 g/mol. The van der Waals surface area contributed by atoms with Crippen molar-refractivity contribution in [2.75, 3.05) is 24.8 Å². The van der Waals surface area contributed by atoms with Crippen LogP contribution in [0, 0.1) is 0 Å². The second-order valence-corrected chi connectivity index (χ2v) is 10.4. The molecule has 1 aliphatic rings. The smallest absolute Gasteiger partial charge is 0.244 e. The lowest BCUT2D eigenvalue weighted by Crippen LogP contribution is -2.51. The summed E-state index contributed by atoms with van der Waals surface area (Å²) in [6.45, 7) is 5.70. The summed E-state index contributed by atoms with van der Waals surface area (Å²) >= 11 is 0. The van der Waals surface area contributed by atoms with Crippen LogP contribution in [0.3, 0.4) is 0 Å². The number of rotatable bonds is 9. The van der Waals surface area contributed by atoms with Crippen molar-refractivity contribution >= 4 is 21.6 Å². The first-order valence-electron chi connectivity index (χ1n) is 11.4. The number of nitrogens with zero attached hydrogens (tertiary/aromatic N) is 1. The SMILES string of the molecule is CCC1(CC)C[C@H](NC(=O)[C@@H](C)N(c2cc(OC)ccc2OC)S(C)(=O)=O)c2ccccc2O1. The van der Waals surface area contributed by atoms with Gasteiger partial charge in [0.1, 0.15) is 28.9 Å². The molecule has 0 saturated carbocycles. The molecule has 0 saturated heterocycles. The van der Waals surface area contributed by atoms with Gasteiger partial charge in [0, 0.05) is 18.1 Å². The van der Waals surface area contributed by atoms with E-state index in [0.717, 1.165) is 34.7 Å². The minimum atomic E-state index is -3.84. The molecule has 1 aliphatic heterocycles. The van der Waals surface area contributed by atoms with Crippen molar-refractivity contribution in [1.29, 1.82) is 0 Å². The summed E-state index contributed by atoms with van der Waals surface area (Å²) in [6.07, 6.45) is 3.24. The maximum absolute atomic E-state index is 13.5. The Morgan fingerprint density at radius 2 is 1.85 bits per heavy atom. The molecule has 0 aromatic heterocycles. The third-order valence-electron chi connectivity index (χ3n) is 6.51. The molecule has 2 atom stereocenters. The third-order valence-corrected chi connectivity index (χ3v) is 7.74. The summed E-state index contributed by atoms with van der Waals surface area (Å²) in [5.74, 6) is 1.09. The molecule has 186 valence electrons. The molecule has 9 heteroatoms. The Morgan fingerprint density at radius 3 is 2.44 bits per heavy atom. The van der Waals surface area contributed by atoms with Crippen LogP contribution in [-0.2, 0) is 14.8 Å². The number of para-hydroxylation sites is 1. The van der Waals surface area contributed by atoms with E-state index in [0.29, 0.717) is 17.9 Å². The molecule has 0 aliphatic carbocycles. The first-order valence-corrected chi connectivity index (χ1v) is 13.2. The Kier molecular flexibility index (Phi) is 7.65. The number of fused-ring (bicyclic) bond motifs is 1. The maximum atomic E-state index is 13.5. The molecule has 3 rings (SSSR count). The van der Waals surface area contributed by atoms with E-state index in [1.807, 2.05) is 24.3 Å². The van der Waals surface area contributed by atoms with E-state index in [1.54, 1.807) is 25.1 Å². The third kappa shape index (κ3) is 5.09. The molecule has 2 aromatic rings. The van der Waals surface area contributed by atoms with Crippen LogP contribution in [0.5, 0.6) is 17.2 Å². The molecule has 2 aromatic carbocycles. The van der Waals surface area contributed by atoms with Crippen molar-refractivity contribution in [2.45, 2.75) is 57.7 Å². The van der Waals surface area contributed by atoms with Crippen LogP contribution in [-0.4, -0.2) is 46.4 Å². The molecule has 0 bridgehead atoms. The number of carbonyl (C=O) groups is 1. The predicted octanol–water partition coefficient (Wildman–Crippen LogP) is 4.06. The van der Waals surface area contributed by atoms with Gasteiger partial charge in [-0.2, -0.15) is 0 Å². The number of benzene rings is 2. The fourth-order valence-electron chi connectivity index (χ4n) is 4.47. The zero-order chi connectivity index (χ0) is 25.1. The molecule has 1 amide bonds. The number of hydrogen-bond acceptors (Lipinski definition) is 6. The monoisotopic (exact) mass is 490 g/mol. The molecule has 1 N–H and O–H groups in total. The van der Waals surface area contributed by atoms with Gasteiger partial charge in [-0.05, 0) is 38.0 Å². The van der Waals surface area contributed by atoms with Gasteiger partial charge >= 0.3 is 0 Å². The minimum Gasteiger partial charge on any atom is -0.497 e. The molecule has 1 heterocycles. The highest BCUT2D eigenvalue weighted by Crippen LogP contribution is 2.43. The number of ether oxygens (including phenoxy) is 3. The maximum Gasteiger partial charge on any atom is 0.244 e. The Bertz CT molecular complexity index is 1130. The molecule has 0 unspecified atom stereocenters. The number of hydrogen-bond donors (Lipinski definition) is 1. The Hall–Kier alpha value is -2.94. The quantitative estimate of drug-likeness (QED) is 0.570. The molecule has 34 heavy (non-hydrogen) atoms. The lowest BCUT2D eigenvalue weighted by molar-refractivity contribution is -0.123. The largest absolute Gasteiger partial charge is 0.497 e. The van der Waals surface area contributed by atoms with Crippen molar-refractivity contribution < 1.29 is 27.4 Å². The Labute approximate surface area is 202 Å². The van der Waals surface area contributed by atoms with E-state index >= 15 is 0 Å². The standard InChI is InChI=1S/C25H34N2O6S/c1-7-25(8-2)16-20(19-11-9-10-12-22(19)33-25)26-24(28)17(3)27(34(6,29)30)21-15-18(31-4)13-14-23(21)32-5/h9-15,17,20H,7-8,16H2,1-6H3,(H,26,28)/t17-,20+/m1/s1. The number of methoxy groups -OCH3 is 2. The lowest BCUT2D eigenvalue weighted by Gasteiger charge is -2.42. The van der Waals surface area contributed by atoms with Crippen LogP contribution in [0.1, 0.15) is 51.6 Å². The first-order chi connectivity index (χ1) is 16.1. The van der Waals surface area contributed by atoms with E-state index in [-0.39, 0.29) is 11.7 Å². The summed E-state index contributed by atoms with van der Waals surface area (Å²) in [4.78, 5) is 13.5. The lowest BCUT2D eigenvalue weighted by atomic mass is 9.83. The van der Waals surface area contributed by atoms with Crippen LogP contribution in [0.15, 0.2) is 42.5 Å². The van der Waals surface area contributed by atoms with E-state index in [9.17, 15) is 13.2 Å². The van der Waals surface area contributed by atoms with E-state index in [1.165, 1.54) is 14.2 Å². The summed E-state index contributed by atoms with van der Waals surface area (Å²) < 4.78 is 43.8. The predicted molar refractivity (Wildman–Crippen MR) is 132 cm³/mol. The molecule has 0 fully saturated rings. The normalized spacial score (nSPS) is 17.6. The van der Waals surface area contributed by atoms with Gasteiger partial charge in [-0.3, -0.25) is 9.10 Å². The highest BCUT2D eigenvalue weighted by Gasteiger charge is 2.40. The number of sulfonamides is 1. The van der Waals surface area contributed by atoms with Crippen LogP contribution >= 0.6 is 0 Å². The number of amides is 1. The second kappa shape index (κ2) is 10.1. The summed E-state index contributed by atoms with van der Waals surface area (Å²) in [5.41, 5.74) is 0.712. The average Bonchev–Trinajstić information content (AvgIpc) is 2.82. The van der Waals surface area contributed by atoms with Gasteiger partial charge in [0.2, 0.25) is 15.9 Å². The summed E-state index contributed by atoms with van der Waals surface area (Å²) in [6, 6.07) is 11.1. The van der Waals surface area contributed by atoms with E-state index in [2.05, 4.69) is 19.2 Å². The van der Waals surface area contributed by atoms with Gasteiger partial charge in [-0.25, -0.2) is 8.42 Å². The van der Waals surface area contributed by atoms with Gasteiger partial charge in [-0.15, -0.1) is 0 Å². The fourth-order valence-corrected chi connectivity index (χ4v) is 5.64. The van der Waals surface area contributed by atoms with Crippen LogP contribution in [0.4, 0.5) is 5.69 Å². The summed E-state index contributed by atoms with van der Waals surface area (Å²) in [7, 11) is -0.903. The molecule has 0 radical (unpaired) electrons. The zero-order valence-electron chi connectivity index (χ0n) is 20.6. The number of carbonyl (C=O) groups excluding carboxylic acids is 1. The van der Waals surface area contributed by atoms with Crippen molar-refractivity contribution in [3.63, 3.8) is 0 Å². The van der Waals surface area contributed by atoms with Crippen molar-refractivity contribution in [3.8, 4) is 17.2 Å². The average molecular weight is 491 g/mol.